The highest BCUT2D eigenvalue weighted by Gasteiger charge is 2.06. The quantitative estimate of drug-likeness (QED) is 0.801. The van der Waals surface area contributed by atoms with E-state index in [1.165, 1.54) is 0 Å². The van der Waals surface area contributed by atoms with Crippen LogP contribution >= 0.6 is 0 Å². The maximum atomic E-state index is 11.7. The van der Waals surface area contributed by atoms with E-state index in [0.717, 1.165) is 5.69 Å². The minimum Gasteiger partial charge on any atom is -0.324 e. The Bertz CT molecular complexity index is 545. The third-order valence-electron chi connectivity index (χ3n) is 2.26. The van der Waals surface area contributed by atoms with Crippen molar-refractivity contribution in [3.05, 3.63) is 48.3 Å². The van der Waals surface area contributed by atoms with Gasteiger partial charge in [-0.2, -0.15) is 0 Å². The second-order valence-corrected chi connectivity index (χ2v) is 3.64. The van der Waals surface area contributed by atoms with Gasteiger partial charge in [-0.05, 0) is 31.2 Å². The van der Waals surface area contributed by atoms with Crippen molar-refractivity contribution < 1.29 is 9.63 Å². The van der Waals surface area contributed by atoms with Crippen molar-refractivity contribution in [2.45, 2.75) is 6.92 Å². The van der Waals surface area contributed by atoms with Crippen LogP contribution < -0.4 is 10.8 Å². The van der Waals surface area contributed by atoms with E-state index in [1.807, 2.05) is 6.07 Å². The highest BCUT2D eigenvalue weighted by Crippen LogP contribution is 2.14. The number of carbonyl (C=O) groups excluding carboxylic acids is 1. The minimum absolute atomic E-state index is 0.292. The Balaban J connectivity index is 2.09. The number of hydroxylamine groups is 1. The number of carbonyl (C=O) groups is 1. The van der Waals surface area contributed by atoms with Gasteiger partial charge < -0.3 is 5.32 Å². The minimum atomic E-state index is -0.292. The Hall–Kier alpha value is -2.47. The van der Waals surface area contributed by atoms with Crippen molar-refractivity contribution in [3.63, 3.8) is 0 Å². The number of nitrogens with zero attached hydrogens (tertiary/aromatic N) is 2. The van der Waals surface area contributed by atoms with Gasteiger partial charge in [-0.25, -0.2) is 15.4 Å². The van der Waals surface area contributed by atoms with E-state index < -0.39 is 0 Å². The molecule has 0 fully saturated rings. The molecule has 6 heteroatoms. The molecule has 0 aliphatic heterocycles. The van der Waals surface area contributed by atoms with Crippen LogP contribution in [0.2, 0.25) is 0 Å². The molecule has 1 aromatic heterocycles. The first kappa shape index (κ1) is 13.0. The topological polar surface area (TPSA) is 76.1 Å². The zero-order chi connectivity index (χ0) is 13.5. The summed E-state index contributed by atoms with van der Waals surface area (Å²) < 4.78 is 0. The molecule has 6 nitrogen and oxygen atoms in total. The van der Waals surface area contributed by atoms with E-state index in [0.29, 0.717) is 18.1 Å². The molecule has 0 bridgehead atoms. The summed E-state index contributed by atoms with van der Waals surface area (Å²) in [4.78, 5) is 24.7. The van der Waals surface area contributed by atoms with Crippen LogP contribution in [0.3, 0.4) is 0 Å². The SMILES string of the molecule is CCONC(=O)c1cccc(Nc2ncccn2)c1. The fourth-order valence-electron chi connectivity index (χ4n) is 1.43. The second kappa shape index (κ2) is 6.46. The number of nitrogens with one attached hydrogen (secondary N) is 2. The van der Waals surface area contributed by atoms with Gasteiger partial charge in [-0.1, -0.05) is 6.07 Å². The Labute approximate surface area is 110 Å². The molecule has 2 N–H and O–H groups in total. The van der Waals surface area contributed by atoms with Crippen LogP contribution in [0.4, 0.5) is 11.6 Å². The number of hydrogen-bond acceptors (Lipinski definition) is 5. The van der Waals surface area contributed by atoms with Gasteiger partial charge in [0.15, 0.2) is 0 Å². The smallest absolute Gasteiger partial charge is 0.274 e. The lowest BCUT2D eigenvalue weighted by molar-refractivity contribution is 0.0364. The molecule has 98 valence electrons. The van der Waals surface area contributed by atoms with Crippen LogP contribution in [0.5, 0.6) is 0 Å². The monoisotopic (exact) mass is 258 g/mol. The molecule has 2 aromatic rings. The molecule has 0 spiro atoms. The Morgan fingerprint density at radius 1 is 1.26 bits per heavy atom. The summed E-state index contributed by atoms with van der Waals surface area (Å²) in [6.07, 6.45) is 3.28. The zero-order valence-electron chi connectivity index (χ0n) is 10.5. The van der Waals surface area contributed by atoms with Gasteiger partial charge >= 0.3 is 0 Å². The van der Waals surface area contributed by atoms with E-state index >= 15 is 0 Å². The molecule has 1 amide bonds. The van der Waals surface area contributed by atoms with Crippen molar-refractivity contribution >= 4 is 17.5 Å². The summed E-state index contributed by atoms with van der Waals surface area (Å²) in [6, 6.07) is 8.73. The first-order chi connectivity index (χ1) is 9.29. The Morgan fingerprint density at radius 3 is 2.79 bits per heavy atom. The van der Waals surface area contributed by atoms with Crippen LogP contribution in [0, 0.1) is 0 Å². The van der Waals surface area contributed by atoms with E-state index in [4.69, 9.17) is 4.84 Å². The Kier molecular flexibility index (Phi) is 4.41. The first-order valence-corrected chi connectivity index (χ1v) is 5.86. The molecule has 0 radical (unpaired) electrons. The van der Waals surface area contributed by atoms with Gasteiger partial charge in [0.1, 0.15) is 0 Å². The van der Waals surface area contributed by atoms with E-state index in [9.17, 15) is 4.79 Å². The predicted octanol–water partition coefficient (Wildman–Crippen LogP) is 1.90. The average molecular weight is 258 g/mol. The standard InChI is InChI=1S/C13H14N4O2/c1-2-19-17-12(18)10-5-3-6-11(9-10)16-13-14-7-4-8-15-13/h3-9H,2H2,1H3,(H,17,18)(H,14,15,16). The Morgan fingerprint density at radius 2 is 2.05 bits per heavy atom. The van der Waals surface area contributed by atoms with Crippen molar-refractivity contribution in [2.24, 2.45) is 0 Å². The molecule has 1 aromatic carbocycles. The van der Waals surface area contributed by atoms with E-state index in [-0.39, 0.29) is 5.91 Å². The zero-order valence-corrected chi connectivity index (χ0v) is 10.5. The number of aromatic nitrogens is 2. The fraction of sp³-hybridized carbons (Fsp3) is 0.154. The van der Waals surface area contributed by atoms with Crippen LogP contribution in [0.1, 0.15) is 17.3 Å². The predicted molar refractivity (Wildman–Crippen MR) is 70.8 cm³/mol. The second-order valence-electron chi connectivity index (χ2n) is 3.64. The molecule has 1 heterocycles. The summed E-state index contributed by atoms with van der Waals surface area (Å²) in [5, 5.41) is 3.01. The van der Waals surface area contributed by atoms with Gasteiger partial charge in [0.25, 0.3) is 5.91 Å². The number of rotatable bonds is 5. The van der Waals surface area contributed by atoms with Crippen molar-refractivity contribution in [1.82, 2.24) is 15.4 Å². The normalized spacial score (nSPS) is 9.95. The summed E-state index contributed by atoms with van der Waals surface area (Å²) in [7, 11) is 0. The summed E-state index contributed by atoms with van der Waals surface area (Å²) in [5.41, 5.74) is 3.57. The van der Waals surface area contributed by atoms with Gasteiger partial charge in [0.05, 0.1) is 6.61 Å². The number of benzene rings is 1. The summed E-state index contributed by atoms with van der Waals surface area (Å²) in [6.45, 7) is 2.21. The maximum Gasteiger partial charge on any atom is 0.274 e. The molecule has 0 aliphatic carbocycles. The summed E-state index contributed by atoms with van der Waals surface area (Å²) >= 11 is 0. The molecule has 0 saturated heterocycles. The molecule has 0 unspecified atom stereocenters. The summed E-state index contributed by atoms with van der Waals surface area (Å²) in [5.74, 6) is 0.185. The maximum absolute atomic E-state index is 11.7. The molecule has 0 aliphatic rings. The number of anilines is 2. The third kappa shape index (κ3) is 3.75. The molecular weight excluding hydrogens is 244 g/mol. The lowest BCUT2D eigenvalue weighted by Gasteiger charge is -2.07. The van der Waals surface area contributed by atoms with E-state index in [1.54, 1.807) is 43.6 Å². The fourth-order valence-corrected chi connectivity index (χ4v) is 1.43. The van der Waals surface area contributed by atoms with Crippen molar-refractivity contribution in [3.8, 4) is 0 Å². The third-order valence-corrected chi connectivity index (χ3v) is 2.26. The van der Waals surface area contributed by atoms with E-state index in [2.05, 4.69) is 20.8 Å². The van der Waals surface area contributed by atoms with Crippen LogP contribution in [-0.2, 0) is 4.84 Å². The van der Waals surface area contributed by atoms with Crippen LogP contribution in [-0.4, -0.2) is 22.5 Å². The van der Waals surface area contributed by atoms with Crippen molar-refractivity contribution in [1.29, 1.82) is 0 Å². The first-order valence-electron chi connectivity index (χ1n) is 5.86. The van der Waals surface area contributed by atoms with Gasteiger partial charge in [-0.15, -0.1) is 0 Å². The highest BCUT2D eigenvalue weighted by molar-refractivity contribution is 5.94. The van der Waals surface area contributed by atoms with Gasteiger partial charge in [-0.3, -0.25) is 9.63 Å². The van der Waals surface area contributed by atoms with Gasteiger partial charge in [0.2, 0.25) is 5.95 Å². The lowest BCUT2D eigenvalue weighted by Crippen LogP contribution is -2.23. The van der Waals surface area contributed by atoms with Gasteiger partial charge in [0, 0.05) is 23.6 Å². The average Bonchev–Trinajstić information content (AvgIpc) is 2.46. The van der Waals surface area contributed by atoms with Crippen LogP contribution in [0.15, 0.2) is 42.7 Å². The van der Waals surface area contributed by atoms with Crippen molar-refractivity contribution in [2.75, 3.05) is 11.9 Å². The molecule has 0 saturated carbocycles. The molecule has 2 rings (SSSR count). The number of amides is 1. The van der Waals surface area contributed by atoms with Crippen LogP contribution in [0.25, 0.3) is 0 Å². The molecular formula is C13H14N4O2. The number of hydrogen-bond donors (Lipinski definition) is 2. The molecule has 19 heavy (non-hydrogen) atoms. The lowest BCUT2D eigenvalue weighted by atomic mass is 10.2. The largest absolute Gasteiger partial charge is 0.324 e. The molecule has 0 atom stereocenters. The highest BCUT2D eigenvalue weighted by atomic mass is 16.6.